The first-order valence-corrected chi connectivity index (χ1v) is 8.84. The van der Waals surface area contributed by atoms with E-state index in [9.17, 15) is 20.2 Å². The van der Waals surface area contributed by atoms with Crippen LogP contribution in [0.25, 0.3) is 0 Å². The zero-order chi connectivity index (χ0) is 21.3. The fourth-order valence-corrected chi connectivity index (χ4v) is 2.44. The average Bonchev–Trinajstić information content (AvgIpc) is 2.76. The molecule has 0 atom stereocenters. The van der Waals surface area contributed by atoms with Crippen LogP contribution >= 0.6 is 0 Å². The van der Waals surface area contributed by atoms with Crippen LogP contribution in [0.15, 0.2) is 66.9 Å². The highest BCUT2D eigenvalue weighted by atomic mass is 16.6. The standard InChI is InChI=1S/C20H17N3O7/c24-22(25)16-12-19(23(26)27)20(21-13-16)29-11-10-28-17-6-8-18(9-7-17)30-14-15-4-2-1-3-5-15/h1-9,12-13H,10-11,14H2. The average molecular weight is 411 g/mol. The van der Waals surface area contributed by atoms with E-state index in [0.29, 0.717) is 18.1 Å². The van der Waals surface area contributed by atoms with E-state index in [2.05, 4.69) is 4.98 Å². The van der Waals surface area contributed by atoms with E-state index in [-0.39, 0.29) is 19.1 Å². The van der Waals surface area contributed by atoms with E-state index in [0.717, 1.165) is 17.8 Å². The molecular weight excluding hydrogens is 394 g/mol. The topological polar surface area (TPSA) is 127 Å². The maximum absolute atomic E-state index is 11.0. The molecule has 0 spiro atoms. The molecule has 0 unspecified atom stereocenters. The van der Waals surface area contributed by atoms with Gasteiger partial charge in [-0.2, -0.15) is 0 Å². The van der Waals surface area contributed by atoms with Crippen LogP contribution in [0.3, 0.4) is 0 Å². The van der Waals surface area contributed by atoms with Gasteiger partial charge in [0.15, 0.2) is 0 Å². The normalized spacial score (nSPS) is 10.3. The second-order valence-electron chi connectivity index (χ2n) is 5.97. The van der Waals surface area contributed by atoms with Crippen molar-refractivity contribution in [1.29, 1.82) is 0 Å². The van der Waals surface area contributed by atoms with Crippen LogP contribution in [0.1, 0.15) is 5.56 Å². The first kappa shape index (κ1) is 20.5. The maximum atomic E-state index is 11.0. The quantitative estimate of drug-likeness (QED) is 0.279. The lowest BCUT2D eigenvalue weighted by Gasteiger charge is -2.09. The summed E-state index contributed by atoms with van der Waals surface area (Å²) in [5.41, 5.74) is -0.00656. The predicted octanol–water partition coefficient (Wildman–Crippen LogP) is 3.93. The van der Waals surface area contributed by atoms with E-state index in [4.69, 9.17) is 14.2 Å². The lowest BCUT2D eigenvalue weighted by atomic mass is 10.2. The van der Waals surface area contributed by atoms with Gasteiger partial charge < -0.3 is 14.2 Å². The van der Waals surface area contributed by atoms with Crippen molar-refractivity contribution in [2.45, 2.75) is 6.61 Å². The molecule has 0 aliphatic rings. The number of ether oxygens (including phenoxy) is 3. The smallest absolute Gasteiger partial charge is 0.337 e. The van der Waals surface area contributed by atoms with Gasteiger partial charge in [-0.1, -0.05) is 30.3 Å². The first-order chi connectivity index (χ1) is 14.5. The van der Waals surface area contributed by atoms with Crippen LogP contribution in [0.2, 0.25) is 0 Å². The largest absolute Gasteiger partial charge is 0.490 e. The second-order valence-corrected chi connectivity index (χ2v) is 5.97. The van der Waals surface area contributed by atoms with Crippen LogP contribution < -0.4 is 14.2 Å². The van der Waals surface area contributed by atoms with Gasteiger partial charge in [0.2, 0.25) is 0 Å². The van der Waals surface area contributed by atoms with Crippen molar-refractivity contribution in [1.82, 2.24) is 4.98 Å². The summed E-state index contributed by atoms with van der Waals surface area (Å²) in [7, 11) is 0. The van der Waals surface area contributed by atoms with Gasteiger partial charge in [0, 0.05) is 0 Å². The van der Waals surface area contributed by atoms with Crippen molar-refractivity contribution in [3.8, 4) is 17.4 Å². The van der Waals surface area contributed by atoms with E-state index in [1.165, 1.54) is 0 Å². The molecule has 3 rings (SSSR count). The fraction of sp³-hybridized carbons (Fsp3) is 0.150. The number of benzene rings is 2. The highest BCUT2D eigenvalue weighted by Crippen LogP contribution is 2.28. The first-order valence-electron chi connectivity index (χ1n) is 8.84. The molecule has 0 amide bonds. The third kappa shape index (κ3) is 5.64. The van der Waals surface area contributed by atoms with E-state index < -0.39 is 21.2 Å². The SMILES string of the molecule is O=[N+]([O-])c1cnc(OCCOc2ccc(OCc3ccccc3)cc2)c([N+](=O)[O-])c1. The molecule has 1 heterocycles. The van der Waals surface area contributed by atoms with Crippen molar-refractivity contribution in [2.24, 2.45) is 0 Å². The minimum Gasteiger partial charge on any atom is -0.490 e. The molecule has 0 fully saturated rings. The van der Waals surface area contributed by atoms with E-state index in [1.807, 2.05) is 30.3 Å². The third-order valence-corrected chi connectivity index (χ3v) is 3.89. The number of hydrogen-bond donors (Lipinski definition) is 0. The Hall–Kier alpha value is -4.21. The molecule has 154 valence electrons. The molecule has 2 aromatic carbocycles. The van der Waals surface area contributed by atoms with Crippen molar-refractivity contribution in [3.05, 3.63) is 92.7 Å². The van der Waals surface area contributed by atoms with Crippen LogP contribution in [-0.2, 0) is 6.61 Å². The summed E-state index contributed by atoms with van der Waals surface area (Å²) in [4.78, 5) is 23.9. The summed E-state index contributed by atoms with van der Waals surface area (Å²) < 4.78 is 16.5. The monoisotopic (exact) mass is 411 g/mol. The van der Waals surface area contributed by atoms with Crippen LogP contribution in [0, 0.1) is 20.2 Å². The van der Waals surface area contributed by atoms with Crippen molar-refractivity contribution in [2.75, 3.05) is 13.2 Å². The Balaban J connectivity index is 1.47. The number of hydrogen-bond acceptors (Lipinski definition) is 8. The summed E-state index contributed by atoms with van der Waals surface area (Å²) in [6.07, 6.45) is 0.900. The molecular formula is C20H17N3O7. The highest BCUT2D eigenvalue weighted by molar-refractivity contribution is 5.48. The van der Waals surface area contributed by atoms with Gasteiger partial charge in [-0.3, -0.25) is 20.2 Å². The minimum absolute atomic E-state index is 0.0299. The maximum Gasteiger partial charge on any atom is 0.337 e. The van der Waals surface area contributed by atoms with Crippen LogP contribution in [0.5, 0.6) is 17.4 Å². The molecule has 3 aromatic rings. The molecule has 0 aliphatic heterocycles. The van der Waals surface area contributed by atoms with Crippen LogP contribution in [0.4, 0.5) is 11.4 Å². The van der Waals surface area contributed by atoms with Gasteiger partial charge in [0.05, 0.1) is 9.85 Å². The number of pyridine rings is 1. The minimum atomic E-state index is -0.787. The molecule has 0 bridgehead atoms. The van der Waals surface area contributed by atoms with Gasteiger partial charge in [0.25, 0.3) is 11.6 Å². The fourth-order valence-electron chi connectivity index (χ4n) is 2.44. The van der Waals surface area contributed by atoms with E-state index >= 15 is 0 Å². The lowest BCUT2D eigenvalue weighted by molar-refractivity contribution is -0.395. The molecule has 0 saturated heterocycles. The Morgan fingerprint density at radius 3 is 2.07 bits per heavy atom. The molecule has 10 nitrogen and oxygen atoms in total. The van der Waals surface area contributed by atoms with Gasteiger partial charge >= 0.3 is 5.69 Å². The highest BCUT2D eigenvalue weighted by Gasteiger charge is 2.22. The Morgan fingerprint density at radius 2 is 1.43 bits per heavy atom. The lowest BCUT2D eigenvalue weighted by Crippen LogP contribution is -2.11. The molecule has 0 N–H and O–H groups in total. The Kier molecular flexibility index (Phi) is 6.72. The zero-order valence-electron chi connectivity index (χ0n) is 15.7. The summed E-state index contributed by atoms with van der Waals surface area (Å²) in [6.45, 7) is 0.522. The summed E-state index contributed by atoms with van der Waals surface area (Å²) in [5, 5.41) is 21.8. The second kappa shape index (κ2) is 9.82. The van der Waals surface area contributed by atoms with Crippen molar-refractivity contribution < 1.29 is 24.1 Å². The Morgan fingerprint density at radius 1 is 0.800 bits per heavy atom. The van der Waals surface area contributed by atoms with Gasteiger partial charge in [-0.15, -0.1) is 0 Å². The Labute approximate surface area is 171 Å². The van der Waals surface area contributed by atoms with Gasteiger partial charge in [0.1, 0.15) is 43.6 Å². The third-order valence-electron chi connectivity index (χ3n) is 3.89. The number of aromatic nitrogens is 1. The summed E-state index contributed by atoms with van der Waals surface area (Å²) in [6, 6.07) is 17.6. The molecule has 0 aliphatic carbocycles. The summed E-state index contributed by atoms with van der Waals surface area (Å²) in [5.74, 6) is 0.948. The molecule has 0 radical (unpaired) electrons. The molecule has 1 aromatic heterocycles. The van der Waals surface area contributed by atoms with Gasteiger partial charge in [-0.05, 0) is 29.8 Å². The molecule has 30 heavy (non-hydrogen) atoms. The van der Waals surface area contributed by atoms with Crippen molar-refractivity contribution in [3.63, 3.8) is 0 Å². The zero-order valence-corrected chi connectivity index (χ0v) is 15.7. The van der Waals surface area contributed by atoms with E-state index in [1.54, 1.807) is 24.3 Å². The number of nitro groups is 2. The summed E-state index contributed by atoms with van der Waals surface area (Å²) >= 11 is 0. The van der Waals surface area contributed by atoms with Crippen molar-refractivity contribution >= 4 is 11.4 Å². The van der Waals surface area contributed by atoms with Crippen LogP contribution in [-0.4, -0.2) is 28.0 Å². The molecule has 10 heteroatoms. The van der Waals surface area contributed by atoms with Gasteiger partial charge in [-0.25, -0.2) is 4.98 Å². The Bertz CT molecular complexity index is 1010. The molecule has 0 saturated carbocycles. The predicted molar refractivity (Wildman–Crippen MR) is 106 cm³/mol. The number of rotatable bonds is 10. The number of nitrogens with zero attached hydrogens (tertiary/aromatic N) is 3.